The number of carbonyl (C=O) groups is 2. The second kappa shape index (κ2) is 13.9. The van der Waals surface area contributed by atoms with Crippen LogP contribution in [-0.2, 0) is 16.1 Å². The average Bonchev–Trinajstić information content (AvgIpc) is 3.34. The Labute approximate surface area is 265 Å². The van der Waals surface area contributed by atoms with Gasteiger partial charge in [0.2, 0.25) is 0 Å². The second-order valence-electron chi connectivity index (χ2n) is 11.1. The minimum Gasteiger partial charge on any atom is -0.489 e. The first-order chi connectivity index (χ1) is 21.7. The molecule has 4 aromatic rings. The number of benzene rings is 3. The van der Waals surface area contributed by atoms with Crippen molar-refractivity contribution in [1.82, 2.24) is 4.57 Å². The van der Waals surface area contributed by atoms with Gasteiger partial charge in [0.15, 0.2) is 4.80 Å². The van der Waals surface area contributed by atoms with Gasteiger partial charge in [-0.15, -0.1) is 0 Å². The Balaban J connectivity index is 1.49. The van der Waals surface area contributed by atoms with Crippen molar-refractivity contribution >= 4 is 29.4 Å². The molecule has 0 aliphatic carbocycles. The van der Waals surface area contributed by atoms with E-state index >= 15 is 0 Å². The number of aromatic carboxylic acids is 1. The Bertz CT molecular complexity index is 1900. The van der Waals surface area contributed by atoms with Crippen LogP contribution in [0, 0.1) is 0 Å². The molecule has 1 atom stereocenters. The molecule has 232 valence electrons. The van der Waals surface area contributed by atoms with Crippen LogP contribution >= 0.6 is 11.3 Å². The molecular formula is C36H36N2O6S. The Morgan fingerprint density at radius 3 is 2.29 bits per heavy atom. The molecule has 1 N–H and O–H groups in total. The van der Waals surface area contributed by atoms with Crippen LogP contribution in [-0.4, -0.2) is 28.2 Å². The van der Waals surface area contributed by atoms with E-state index in [0.29, 0.717) is 45.3 Å². The third kappa shape index (κ3) is 6.99. The molecule has 45 heavy (non-hydrogen) atoms. The molecule has 0 spiro atoms. The van der Waals surface area contributed by atoms with E-state index in [1.54, 1.807) is 35.8 Å². The highest BCUT2D eigenvalue weighted by Crippen LogP contribution is 2.33. The van der Waals surface area contributed by atoms with Crippen LogP contribution in [0.5, 0.6) is 5.75 Å². The molecule has 1 aromatic heterocycles. The molecule has 0 fully saturated rings. The predicted octanol–water partition coefficient (Wildman–Crippen LogP) is 5.98. The number of carboxylic acids is 1. The summed E-state index contributed by atoms with van der Waals surface area (Å²) in [5.74, 6) is -0.435. The molecule has 0 saturated heterocycles. The van der Waals surface area contributed by atoms with Gasteiger partial charge in [-0.25, -0.2) is 14.6 Å². The molecule has 1 aliphatic rings. The van der Waals surface area contributed by atoms with Crippen molar-refractivity contribution in [2.45, 2.75) is 59.1 Å². The molecule has 8 nitrogen and oxygen atoms in total. The average molecular weight is 625 g/mol. The number of carboxylic acid groups (broad SMARTS) is 1. The van der Waals surface area contributed by atoms with Crippen LogP contribution in [0.25, 0.3) is 6.08 Å². The Morgan fingerprint density at radius 1 is 1.00 bits per heavy atom. The van der Waals surface area contributed by atoms with Gasteiger partial charge in [-0.2, -0.15) is 0 Å². The largest absolute Gasteiger partial charge is 0.489 e. The van der Waals surface area contributed by atoms with E-state index in [1.807, 2.05) is 61.5 Å². The molecule has 1 aliphatic heterocycles. The first-order valence-corrected chi connectivity index (χ1v) is 15.9. The van der Waals surface area contributed by atoms with E-state index < -0.39 is 18.0 Å². The second-order valence-corrected chi connectivity index (χ2v) is 12.1. The van der Waals surface area contributed by atoms with Crippen LogP contribution < -0.4 is 19.6 Å². The molecule has 0 radical (unpaired) electrons. The lowest BCUT2D eigenvalue weighted by molar-refractivity contribution is -0.139. The first kappa shape index (κ1) is 31.7. The van der Waals surface area contributed by atoms with Gasteiger partial charge in [0.05, 0.1) is 34.0 Å². The predicted molar refractivity (Wildman–Crippen MR) is 174 cm³/mol. The Morgan fingerprint density at radius 2 is 1.69 bits per heavy atom. The van der Waals surface area contributed by atoms with Gasteiger partial charge in [0, 0.05) is 0 Å². The number of nitrogens with zero attached hydrogens (tertiary/aromatic N) is 2. The van der Waals surface area contributed by atoms with Crippen LogP contribution in [0.2, 0.25) is 0 Å². The molecule has 3 aromatic carbocycles. The van der Waals surface area contributed by atoms with Crippen molar-refractivity contribution in [3.8, 4) is 5.75 Å². The van der Waals surface area contributed by atoms with E-state index in [1.165, 1.54) is 16.9 Å². The fourth-order valence-corrected chi connectivity index (χ4v) is 6.24. The fourth-order valence-electron chi connectivity index (χ4n) is 5.22. The minimum absolute atomic E-state index is 0.223. The van der Waals surface area contributed by atoms with Gasteiger partial charge in [0.1, 0.15) is 12.4 Å². The van der Waals surface area contributed by atoms with Crippen LogP contribution in [0.15, 0.2) is 93.9 Å². The molecule has 9 heteroatoms. The van der Waals surface area contributed by atoms with Crippen molar-refractivity contribution in [3.63, 3.8) is 0 Å². The quantitative estimate of drug-likeness (QED) is 0.206. The van der Waals surface area contributed by atoms with Crippen molar-refractivity contribution < 1.29 is 24.2 Å². The molecule has 2 heterocycles. The maximum absolute atomic E-state index is 14.0. The van der Waals surface area contributed by atoms with E-state index in [0.717, 1.165) is 23.1 Å². The summed E-state index contributed by atoms with van der Waals surface area (Å²) in [6, 6.07) is 21.4. The summed E-state index contributed by atoms with van der Waals surface area (Å²) < 4.78 is 13.5. The maximum atomic E-state index is 14.0. The Hall–Kier alpha value is -4.76. The van der Waals surface area contributed by atoms with Crippen molar-refractivity contribution in [1.29, 1.82) is 0 Å². The number of allylic oxidation sites excluding steroid dienone is 1. The number of hydrogen-bond donors (Lipinski definition) is 1. The van der Waals surface area contributed by atoms with Crippen molar-refractivity contribution in [2.24, 2.45) is 4.99 Å². The van der Waals surface area contributed by atoms with Gasteiger partial charge in [-0.05, 0) is 71.9 Å². The highest BCUT2D eigenvalue weighted by molar-refractivity contribution is 7.07. The molecule has 0 saturated carbocycles. The highest BCUT2D eigenvalue weighted by Gasteiger charge is 2.34. The summed E-state index contributed by atoms with van der Waals surface area (Å²) in [6.07, 6.45) is 3.20. The number of fused-ring (bicyclic) bond motifs is 1. The van der Waals surface area contributed by atoms with Gasteiger partial charge >= 0.3 is 11.9 Å². The fraction of sp³-hybridized carbons (Fsp3) is 0.278. The number of esters is 1. The molecule has 0 unspecified atom stereocenters. The summed E-state index contributed by atoms with van der Waals surface area (Å²) in [5, 5.41) is 9.08. The smallest absolute Gasteiger partial charge is 0.338 e. The number of ether oxygens (including phenoxy) is 2. The van der Waals surface area contributed by atoms with Gasteiger partial charge in [-0.1, -0.05) is 87.1 Å². The van der Waals surface area contributed by atoms with Crippen LogP contribution in [0.3, 0.4) is 0 Å². The van der Waals surface area contributed by atoms with Crippen molar-refractivity contribution in [3.05, 3.63) is 132 Å². The summed E-state index contributed by atoms with van der Waals surface area (Å²) >= 11 is 1.30. The van der Waals surface area contributed by atoms with Crippen LogP contribution in [0.1, 0.15) is 85.1 Å². The van der Waals surface area contributed by atoms with Crippen LogP contribution in [0.4, 0.5) is 0 Å². The highest BCUT2D eigenvalue weighted by atomic mass is 32.1. The normalized spacial score (nSPS) is 14.7. The summed E-state index contributed by atoms with van der Waals surface area (Å²) in [6.45, 7) is 8.58. The number of hydrogen-bond acceptors (Lipinski definition) is 7. The SMILES string of the molecule is CCCC1=C(C(=O)OCC)[C@H](c2ccc(C(C)C)cc2)n2c(s/c(=C/c3ccc(OCc4ccc(C(=O)O)cc4)cc3)c2=O)=N1. The molecular weight excluding hydrogens is 588 g/mol. The van der Waals surface area contributed by atoms with E-state index in [9.17, 15) is 14.4 Å². The maximum Gasteiger partial charge on any atom is 0.338 e. The summed E-state index contributed by atoms with van der Waals surface area (Å²) in [4.78, 5) is 43.8. The first-order valence-electron chi connectivity index (χ1n) is 15.1. The van der Waals surface area contributed by atoms with Gasteiger partial charge < -0.3 is 14.6 Å². The van der Waals surface area contributed by atoms with Gasteiger partial charge in [0.25, 0.3) is 5.56 Å². The monoisotopic (exact) mass is 624 g/mol. The summed E-state index contributed by atoms with van der Waals surface area (Å²) in [7, 11) is 0. The Kier molecular flexibility index (Phi) is 9.78. The topological polar surface area (TPSA) is 107 Å². The standard InChI is InChI=1S/C36H36N2O6S/c1-5-7-29-31(35(42)43-6-2)32(26-16-14-25(15-17-26)22(3)4)38-33(39)30(45-36(38)37-29)20-23-10-18-28(19-11-23)44-21-24-8-12-27(13-9-24)34(40)41/h8-20,22,32H,5-7,21H2,1-4H3,(H,40,41)/b30-20+/t32-/m0/s1. The van der Waals surface area contributed by atoms with E-state index in [4.69, 9.17) is 19.6 Å². The minimum atomic E-state index is -0.970. The summed E-state index contributed by atoms with van der Waals surface area (Å²) in [5.41, 5.74) is 4.73. The lowest BCUT2D eigenvalue weighted by atomic mass is 9.92. The number of aromatic nitrogens is 1. The zero-order valence-corrected chi connectivity index (χ0v) is 26.6. The van der Waals surface area contributed by atoms with Crippen molar-refractivity contribution in [2.75, 3.05) is 6.61 Å². The van der Waals surface area contributed by atoms with E-state index in [-0.39, 0.29) is 17.7 Å². The molecule has 0 bridgehead atoms. The molecule has 0 amide bonds. The zero-order valence-electron chi connectivity index (χ0n) is 25.8. The molecule has 5 rings (SSSR count). The zero-order chi connectivity index (χ0) is 32.1. The number of rotatable bonds is 11. The number of carbonyl (C=O) groups excluding carboxylic acids is 1. The lowest BCUT2D eigenvalue weighted by Crippen LogP contribution is -2.40. The van der Waals surface area contributed by atoms with E-state index in [2.05, 4.69) is 13.8 Å². The third-order valence-corrected chi connectivity index (χ3v) is 8.58. The van der Waals surface area contributed by atoms with Gasteiger partial charge in [-0.3, -0.25) is 9.36 Å². The lowest BCUT2D eigenvalue weighted by Gasteiger charge is -2.26. The third-order valence-electron chi connectivity index (χ3n) is 7.60. The number of thiazole rings is 1.